The summed E-state index contributed by atoms with van der Waals surface area (Å²) in [6, 6.07) is 0. The van der Waals surface area contributed by atoms with Crippen LogP contribution in [0, 0.1) is 0 Å². The first-order chi connectivity index (χ1) is 9.16. The molecule has 19 heavy (non-hydrogen) atoms. The zero-order valence-electron chi connectivity index (χ0n) is 12.8. The van der Waals surface area contributed by atoms with Crippen molar-refractivity contribution in [1.29, 1.82) is 0 Å². The second kappa shape index (κ2) is 8.20. The fourth-order valence-electron chi connectivity index (χ4n) is 2.55. The number of rotatable bonds is 3. The molecule has 0 radical (unpaired) electrons. The molecule has 0 unspecified atom stereocenters. The fourth-order valence-corrected chi connectivity index (χ4v) is 2.55. The molecule has 0 aromatic heterocycles. The van der Waals surface area contributed by atoms with Crippen molar-refractivity contribution in [2.75, 3.05) is 45.8 Å². The zero-order chi connectivity index (χ0) is 14.3. The number of piperazine rings is 1. The molecule has 4 nitrogen and oxygen atoms in total. The number of hydrogen-bond acceptors (Lipinski definition) is 3. The van der Waals surface area contributed by atoms with E-state index in [0.29, 0.717) is 12.5 Å². The predicted molar refractivity (Wildman–Crippen MR) is 80.0 cm³/mol. The molecule has 2 aliphatic rings. The number of nitrogens with zero attached hydrogens (tertiary/aromatic N) is 3. The molecule has 110 valence electrons. The molecular formula is C15H29N3O. The molecule has 0 saturated carbocycles. The van der Waals surface area contributed by atoms with Crippen LogP contribution < -0.4 is 0 Å². The number of likely N-dealkylation sites (tertiary alicyclic amines) is 1. The number of carbonyl (C=O) groups excluding carboxylic acids is 1. The van der Waals surface area contributed by atoms with E-state index in [4.69, 9.17) is 0 Å². The summed E-state index contributed by atoms with van der Waals surface area (Å²) >= 11 is 0. The highest BCUT2D eigenvalue weighted by molar-refractivity contribution is 5.78. The van der Waals surface area contributed by atoms with Gasteiger partial charge in [0.1, 0.15) is 0 Å². The van der Waals surface area contributed by atoms with Gasteiger partial charge in [-0.1, -0.05) is 20.4 Å². The summed E-state index contributed by atoms with van der Waals surface area (Å²) < 4.78 is 0. The highest BCUT2D eigenvalue weighted by atomic mass is 16.2. The summed E-state index contributed by atoms with van der Waals surface area (Å²) in [6.07, 6.45) is 2.35. The van der Waals surface area contributed by atoms with E-state index in [0.717, 1.165) is 45.0 Å². The minimum absolute atomic E-state index is 0.311. The monoisotopic (exact) mass is 267 g/mol. The van der Waals surface area contributed by atoms with Gasteiger partial charge in [-0.2, -0.15) is 0 Å². The van der Waals surface area contributed by atoms with Crippen LogP contribution in [-0.2, 0) is 4.79 Å². The van der Waals surface area contributed by atoms with Crippen molar-refractivity contribution in [3.63, 3.8) is 0 Å². The lowest BCUT2D eigenvalue weighted by Gasteiger charge is -2.36. The molecule has 2 rings (SSSR count). The molecule has 1 amide bonds. The van der Waals surface area contributed by atoms with E-state index in [1.54, 1.807) is 0 Å². The van der Waals surface area contributed by atoms with Crippen LogP contribution in [0.5, 0.6) is 0 Å². The Morgan fingerprint density at radius 2 is 1.47 bits per heavy atom. The maximum absolute atomic E-state index is 12.0. The third-order valence-electron chi connectivity index (χ3n) is 3.73. The Balaban J connectivity index is 0.000000861. The lowest BCUT2D eigenvalue weighted by atomic mass is 10.3. The normalized spacial score (nSPS) is 19.9. The Kier molecular flexibility index (Phi) is 6.92. The Bertz CT molecular complexity index is 290. The van der Waals surface area contributed by atoms with Crippen molar-refractivity contribution in [2.45, 2.75) is 33.6 Å². The molecule has 0 aromatic rings. The Morgan fingerprint density at radius 3 is 1.95 bits per heavy atom. The molecule has 0 N–H and O–H groups in total. The van der Waals surface area contributed by atoms with Crippen LogP contribution in [0.4, 0.5) is 0 Å². The molecule has 0 spiro atoms. The lowest BCUT2D eigenvalue weighted by Crippen LogP contribution is -2.49. The van der Waals surface area contributed by atoms with Gasteiger partial charge in [0.05, 0.1) is 6.54 Å². The van der Waals surface area contributed by atoms with Gasteiger partial charge in [0, 0.05) is 45.0 Å². The molecule has 0 atom stereocenters. The Labute approximate surface area is 118 Å². The van der Waals surface area contributed by atoms with Crippen molar-refractivity contribution in [1.82, 2.24) is 14.7 Å². The van der Waals surface area contributed by atoms with Gasteiger partial charge in [-0.05, 0) is 19.8 Å². The van der Waals surface area contributed by atoms with Crippen molar-refractivity contribution in [3.8, 4) is 0 Å². The van der Waals surface area contributed by atoms with Gasteiger partial charge in [-0.15, -0.1) is 0 Å². The molecular weight excluding hydrogens is 238 g/mol. The molecule has 0 aliphatic carbocycles. The third-order valence-corrected chi connectivity index (χ3v) is 3.73. The summed E-state index contributed by atoms with van der Waals surface area (Å²) in [5.41, 5.74) is 1.13. The topological polar surface area (TPSA) is 26.8 Å². The number of carbonyl (C=O) groups is 1. The fraction of sp³-hybridized carbons (Fsp3) is 0.800. The largest absolute Gasteiger partial charge is 0.373 e. The van der Waals surface area contributed by atoms with Crippen molar-refractivity contribution < 1.29 is 4.79 Å². The van der Waals surface area contributed by atoms with E-state index in [2.05, 4.69) is 16.4 Å². The lowest BCUT2D eigenvalue weighted by molar-refractivity contribution is -0.131. The molecule has 4 heteroatoms. The maximum atomic E-state index is 12.0. The first kappa shape index (κ1) is 16.0. The van der Waals surface area contributed by atoms with Gasteiger partial charge in [-0.3, -0.25) is 9.69 Å². The van der Waals surface area contributed by atoms with Gasteiger partial charge in [-0.25, -0.2) is 0 Å². The van der Waals surface area contributed by atoms with E-state index >= 15 is 0 Å². The van der Waals surface area contributed by atoms with Gasteiger partial charge >= 0.3 is 0 Å². The average molecular weight is 267 g/mol. The van der Waals surface area contributed by atoms with Crippen LogP contribution in [0.1, 0.15) is 33.6 Å². The average Bonchev–Trinajstić information content (AvgIpc) is 2.95. The van der Waals surface area contributed by atoms with Gasteiger partial charge < -0.3 is 9.80 Å². The van der Waals surface area contributed by atoms with Crippen molar-refractivity contribution in [2.24, 2.45) is 0 Å². The smallest absolute Gasteiger partial charge is 0.236 e. The summed E-state index contributed by atoms with van der Waals surface area (Å²) in [7, 11) is 0. The van der Waals surface area contributed by atoms with Crippen molar-refractivity contribution in [3.05, 3.63) is 12.3 Å². The van der Waals surface area contributed by atoms with Gasteiger partial charge in [0.15, 0.2) is 0 Å². The highest BCUT2D eigenvalue weighted by Gasteiger charge is 2.22. The molecule has 2 heterocycles. The number of allylic oxidation sites excluding steroid dienone is 1. The van der Waals surface area contributed by atoms with Gasteiger partial charge in [0.25, 0.3) is 0 Å². The summed E-state index contributed by atoms with van der Waals surface area (Å²) in [6.45, 7) is 16.5. The second-order valence-corrected chi connectivity index (χ2v) is 5.09. The first-order valence-electron chi connectivity index (χ1n) is 7.57. The molecule has 2 saturated heterocycles. The molecule has 0 aromatic carbocycles. The Hall–Kier alpha value is -1.03. The summed E-state index contributed by atoms with van der Waals surface area (Å²) in [5.74, 6) is 0.311. The standard InChI is InChI=1S/C13H23N3O.C2H6/c1-12(2)15-9-7-14(8-10-15)11-13(17)16-5-3-4-6-16;1-2/h1,3-11H2,2H3;1-2H3. The first-order valence-corrected chi connectivity index (χ1v) is 7.57. The highest BCUT2D eigenvalue weighted by Crippen LogP contribution is 2.10. The number of hydrogen-bond donors (Lipinski definition) is 0. The van der Waals surface area contributed by atoms with Crippen LogP contribution in [0.2, 0.25) is 0 Å². The van der Waals surface area contributed by atoms with E-state index < -0.39 is 0 Å². The van der Waals surface area contributed by atoms with Crippen LogP contribution >= 0.6 is 0 Å². The third kappa shape index (κ3) is 4.86. The number of amides is 1. The summed E-state index contributed by atoms with van der Waals surface area (Å²) in [5, 5.41) is 0. The molecule has 2 aliphatic heterocycles. The van der Waals surface area contributed by atoms with Crippen LogP contribution in [0.3, 0.4) is 0 Å². The maximum Gasteiger partial charge on any atom is 0.236 e. The van der Waals surface area contributed by atoms with E-state index in [1.165, 1.54) is 12.8 Å². The van der Waals surface area contributed by atoms with E-state index in [1.807, 2.05) is 25.7 Å². The van der Waals surface area contributed by atoms with Crippen LogP contribution in [0.15, 0.2) is 12.3 Å². The van der Waals surface area contributed by atoms with E-state index in [-0.39, 0.29) is 0 Å². The minimum atomic E-state index is 0.311. The quantitative estimate of drug-likeness (QED) is 0.780. The second-order valence-electron chi connectivity index (χ2n) is 5.09. The van der Waals surface area contributed by atoms with Gasteiger partial charge in [0.2, 0.25) is 5.91 Å². The van der Waals surface area contributed by atoms with E-state index in [9.17, 15) is 4.79 Å². The Morgan fingerprint density at radius 1 is 0.947 bits per heavy atom. The zero-order valence-corrected chi connectivity index (χ0v) is 12.8. The van der Waals surface area contributed by atoms with Crippen LogP contribution in [-0.4, -0.2) is 66.4 Å². The van der Waals surface area contributed by atoms with Crippen molar-refractivity contribution >= 4 is 5.91 Å². The predicted octanol–water partition coefficient (Wildman–Crippen LogP) is 1.79. The molecule has 0 bridgehead atoms. The SMILES string of the molecule is C=C(C)N1CCN(CC(=O)N2CCCC2)CC1.CC. The summed E-state index contributed by atoms with van der Waals surface area (Å²) in [4.78, 5) is 18.5. The molecule has 2 fully saturated rings. The van der Waals surface area contributed by atoms with Crippen LogP contribution in [0.25, 0.3) is 0 Å². The minimum Gasteiger partial charge on any atom is -0.373 e.